The molecule has 2 aromatic carbocycles. The molecule has 2 rings (SSSR count). The Hall–Kier alpha value is -1.95. The van der Waals surface area contributed by atoms with Gasteiger partial charge in [-0.05, 0) is 24.2 Å². The summed E-state index contributed by atoms with van der Waals surface area (Å²) in [5.74, 6) is 0. The predicted molar refractivity (Wildman–Crippen MR) is 85.8 cm³/mol. The lowest BCUT2D eigenvalue weighted by Gasteiger charge is -2.21. The lowest BCUT2D eigenvalue weighted by atomic mass is 10.1. The number of non-ortho nitro benzene ring substituents is 1. The molecule has 0 heterocycles. The minimum absolute atomic E-state index is 0.0106. The van der Waals surface area contributed by atoms with Crippen LogP contribution in [-0.2, 0) is 6.54 Å². The molecule has 0 spiro atoms. The molecule has 5 nitrogen and oxygen atoms in total. The number of hydrogen-bond donors (Lipinski definition) is 1. The zero-order valence-electron chi connectivity index (χ0n) is 12.1. The molecule has 0 saturated heterocycles. The van der Waals surface area contributed by atoms with E-state index in [9.17, 15) is 15.2 Å². The van der Waals surface area contributed by atoms with Crippen molar-refractivity contribution in [2.45, 2.75) is 12.6 Å². The van der Waals surface area contributed by atoms with Gasteiger partial charge in [-0.1, -0.05) is 41.9 Å². The van der Waals surface area contributed by atoms with Gasteiger partial charge in [0.05, 0.1) is 11.0 Å². The van der Waals surface area contributed by atoms with Crippen LogP contribution in [0.1, 0.15) is 17.2 Å². The number of benzene rings is 2. The van der Waals surface area contributed by atoms with E-state index in [-0.39, 0.29) is 5.69 Å². The third-order valence-corrected chi connectivity index (χ3v) is 3.72. The third kappa shape index (κ3) is 4.27. The van der Waals surface area contributed by atoms with E-state index in [0.717, 1.165) is 5.56 Å². The van der Waals surface area contributed by atoms with Crippen molar-refractivity contribution in [1.82, 2.24) is 4.90 Å². The molecule has 0 unspecified atom stereocenters. The first-order valence-electron chi connectivity index (χ1n) is 6.81. The van der Waals surface area contributed by atoms with Gasteiger partial charge in [-0.15, -0.1) is 0 Å². The Morgan fingerprint density at radius 1 is 1.27 bits per heavy atom. The average molecular weight is 321 g/mol. The fourth-order valence-corrected chi connectivity index (χ4v) is 2.40. The van der Waals surface area contributed by atoms with Crippen molar-refractivity contribution in [3.63, 3.8) is 0 Å². The Morgan fingerprint density at radius 3 is 2.59 bits per heavy atom. The molecule has 0 aliphatic heterocycles. The lowest BCUT2D eigenvalue weighted by molar-refractivity contribution is -0.384. The highest BCUT2D eigenvalue weighted by Gasteiger charge is 2.14. The van der Waals surface area contributed by atoms with Crippen LogP contribution in [-0.4, -0.2) is 28.5 Å². The summed E-state index contributed by atoms with van der Waals surface area (Å²) in [7, 11) is 1.83. The highest BCUT2D eigenvalue weighted by molar-refractivity contribution is 6.31. The van der Waals surface area contributed by atoms with Gasteiger partial charge in [0.2, 0.25) is 0 Å². The van der Waals surface area contributed by atoms with Crippen molar-refractivity contribution in [2.24, 2.45) is 0 Å². The number of aliphatic hydroxyl groups excluding tert-OH is 1. The zero-order valence-corrected chi connectivity index (χ0v) is 12.9. The first-order valence-corrected chi connectivity index (χ1v) is 7.19. The fourth-order valence-electron chi connectivity index (χ4n) is 2.23. The minimum Gasteiger partial charge on any atom is -0.387 e. The van der Waals surface area contributed by atoms with Gasteiger partial charge < -0.3 is 5.11 Å². The number of rotatable bonds is 6. The number of nitro benzene ring substituents is 1. The van der Waals surface area contributed by atoms with Gasteiger partial charge in [-0.25, -0.2) is 0 Å². The summed E-state index contributed by atoms with van der Waals surface area (Å²) >= 11 is 6.09. The van der Waals surface area contributed by atoms with E-state index >= 15 is 0 Å². The van der Waals surface area contributed by atoms with Crippen LogP contribution in [0.15, 0.2) is 48.5 Å². The number of nitrogens with zero attached hydrogens (tertiary/aromatic N) is 2. The molecule has 1 N–H and O–H groups in total. The van der Waals surface area contributed by atoms with Crippen molar-refractivity contribution in [3.05, 3.63) is 74.8 Å². The second-order valence-corrected chi connectivity index (χ2v) is 5.56. The number of halogens is 1. The minimum atomic E-state index is -0.622. The van der Waals surface area contributed by atoms with E-state index in [1.54, 1.807) is 0 Å². The normalized spacial score (nSPS) is 12.4. The first kappa shape index (κ1) is 16.4. The molecule has 116 valence electrons. The molecule has 0 saturated carbocycles. The van der Waals surface area contributed by atoms with Gasteiger partial charge >= 0.3 is 0 Å². The molecule has 22 heavy (non-hydrogen) atoms. The predicted octanol–water partition coefficient (Wildman–Crippen LogP) is 3.41. The number of nitro groups is 1. The van der Waals surface area contributed by atoms with Crippen molar-refractivity contribution < 1.29 is 10.0 Å². The van der Waals surface area contributed by atoms with Gasteiger partial charge in [-0.3, -0.25) is 15.0 Å². The van der Waals surface area contributed by atoms with E-state index in [4.69, 9.17) is 11.6 Å². The number of aliphatic hydroxyl groups is 1. The summed E-state index contributed by atoms with van der Waals surface area (Å²) in [6.45, 7) is 0.827. The van der Waals surface area contributed by atoms with E-state index in [1.165, 1.54) is 18.2 Å². The fraction of sp³-hybridized carbons (Fsp3) is 0.250. The molecule has 0 aliphatic carbocycles. The summed E-state index contributed by atoms with van der Waals surface area (Å²) in [5, 5.41) is 21.5. The quantitative estimate of drug-likeness (QED) is 0.654. The largest absolute Gasteiger partial charge is 0.387 e. The van der Waals surface area contributed by atoms with Gasteiger partial charge in [0, 0.05) is 30.2 Å². The smallest absolute Gasteiger partial charge is 0.269 e. The van der Waals surface area contributed by atoms with Gasteiger partial charge in [0.1, 0.15) is 0 Å². The highest BCUT2D eigenvalue weighted by atomic mass is 35.5. The van der Waals surface area contributed by atoms with E-state index in [2.05, 4.69) is 0 Å². The topological polar surface area (TPSA) is 66.6 Å². The maximum atomic E-state index is 10.8. The molecule has 0 fully saturated rings. The maximum Gasteiger partial charge on any atom is 0.269 e. The molecule has 0 amide bonds. The van der Waals surface area contributed by atoms with Crippen molar-refractivity contribution >= 4 is 17.3 Å². The Kier molecular flexibility index (Phi) is 5.49. The van der Waals surface area contributed by atoms with Gasteiger partial charge in [0.25, 0.3) is 5.69 Å². The summed E-state index contributed by atoms with van der Waals surface area (Å²) < 4.78 is 0. The van der Waals surface area contributed by atoms with Crippen LogP contribution < -0.4 is 0 Å². The van der Waals surface area contributed by atoms with Crippen LogP contribution in [0.3, 0.4) is 0 Å². The van der Waals surface area contributed by atoms with Gasteiger partial charge in [-0.2, -0.15) is 0 Å². The van der Waals surface area contributed by atoms with E-state index < -0.39 is 11.0 Å². The van der Waals surface area contributed by atoms with Crippen molar-refractivity contribution in [2.75, 3.05) is 13.6 Å². The van der Waals surface area contributed by atoms with Crippen molar-refractivity contribution in [1.29, 1.82) is 0 Å². The Bertz CT molecular complexity index is 649. The lowest BCUT2D eigenvalue weighted by Crippen LogP contribution is -2.24. The second-order valence-electron chi connectivity index (χ2n) is 5.16. The van der Waals surface area contributed by atoms with Gasteiger partial charge in [0.15, 0.2) is 0 Å². The Labute approximate surface area is 133 Å². The van der Waals surface area contributed by atoms with Crippen LogP contribution >= 0.6 is 11.6 Å². The Morgan fingerprint density at radius 2 is 1.95 bits per heavy atom. The SMILES string of the molecule is CN(Cc1cc([N+](=O)[O-])ccc1Cl)C[C@H](O)c1ccccc1. The van der Waals surface area contributed by atoms with Crippen LogP contribution in [0.2, 0.25) is 5.02 Å². The third-order valence-electron chi connectivity index (χ3n) is 3.35. The monoisotopic (exact) mass is 320 g/mol. The van der Waals surface area contributed by atoms with Crippen LogP contribution in [0.4, 0.5) is 5.69 Å². The zero-order chi connectivity index (χ0) is 16.1. The molecule has 1 atom stereocenters. The maximum absolute atomic E-state index is 10.8. The van der Waals surface area contributed by atoms with Crippen LogP contribution in [0.25, 0.3) is 0 Å². The Balaban J connectivity index is 2.04. The summed E-state index contributed by atoms with van der Waals surface area (Å²) in [6, 6.07) is 13.7. The first-order chi connectivity index (χ1) is 10.5. The van der Waals surface area contributed by atoms with E-state index in [1.807, 2.05) is 42.3 Å². The molecule has 0 aromatic heterocycles. The highest BCUT2D eigenvalue weighted by Crippen LogP contribution is 2.24. The van der Waals surface area contributed by atoms with Crippen molar-refractivity contribution in [3.8, 4) is 0 Å². The van der Waals surface area contributed by atoms with E-state index in [0.29, 0.717) is 23.7 Å². The number of likely N-dealkylation sites (N-methyl/N-ethyl adjacent to an activating group) is 1. The summed E-state index contributed by atoms with van der Waals surface area (Å²) in [6.07, 6.45) is -0.622. The van der Waals surface area contributed by atoms with Crippen LogP contribution in [0.5, 0.6) is 0 Å². The second kappa shape index (κ2) is 7.35. The molecular weight excluding hydrogens is 304 g/mol. The molecule has 0 aliphatic rings. The summed E-state index contributed by atoms with van der Waals surface area (Å²) in [4.78, 5) is 12.3. The molecule has 0 radical (unpaired) electrons. The molecule has 6 heteroatoms. The molecule has 2 aromatic rings. The molecular formula is C16H17ClN2O3. The average Bonchev–Trinajstić information content (AvgIpc) is 2.50. The molecule has 0 bridgehead atoms. The standard InChI is InChI=1S/C16H17ClN2O3/c1-18(11-16(20)12-5-3-2-4-6-12)10-13-9-14(19(21)22)7-8-15(13)17/h2-9,16,20H,10-11H2,1H3/t16-/m0/s1. The van der Waals surface area contributed by atoms with Crippen LogP contribution in [0, 0.1) is 10.1 Å². The number of hydrogen-bond acceptors (Lipinski definition) is 4. The summed E-state index contributed by atoms with van der Waals surface area (Å²) in [5.41, 5.74) is 1.51.